The number of amides is 1. The molecule has 0 saturated heterocycles. The first kappa shape index (κ1) is 18.4. The number of sulfonamides is 1. The van der Waals surface area contributed by atoms with Crippen molar-refractivity contribution in [3.05, 3.63) is 59.9 Å². The van der Waals surface area contributed by atoms with E-state index in [4.69, 9.17) is 5.26 Å². The quantitative estimate of drug-likeness (QED) is 0.856. The summed E-state index contributed by atoms with van der Waals surface area (Å²) in [5.74, 6) is -1.07. The number of para-hydroxylation sites is 1. The molecule has 1 N–H and O–H groups in total. The second kappa shape index (κ2) is 7.77. The third-order valence-electron chi connectivity index (χ3n) is 3.37. The molecule has 2 rings (SSSR count). The third kappa shape index (κ3) is 5.02. The van der Waals surface area contributed by atoms with Crippen LogP contribution in [0.25, 0.3) is 0 Å². The molecule has 0 aromatic heterocycles. The van der Waals surface area contributed by atoms with Gasteiger partial charge in [-0.05, 0) is 36.4 Å². The van der Waals surface area contributed by atoms with Crippen molar-refractivity contribution in [2.75, 3.05) is 22.4 Å². The van der Waals surface area contributed by atoms with Gasteiger partial charge in [-0.15, -0.1) is 0 Å². The predicted octanol–water partition coefficient (Wildman–Crippen LogP) is 2.49. The lowest BCUT2D eigenvalue weighted by molar-refractivity contribution is -0.116. The molecule has 1 amide bonds. The van der Waals surface area contributed by atoms with Crippen LogP contribution in [0.4, 0.5) is 15.8 Å². The van der Waals surface area contributed by atoms with Gasteiger partial charge in [0.15, 0.2) is 0 Å². The summed E-state index contributed by atoms with van der Waals surface area (Å²) in [6, 6.07) is 13.6. The van der Waals surface area contributed by atoms with Crippen LogP contribution in [0.5, 0.6) is 0 Å². The van der Waals surface area contributed by atoms with Crippen molar-refractivity contribution in [1.29, 1.82) is 5.26 Å². The second-order valence-electron chi connectivity index (χ2n) is 5.27. The van der Waals surface area contributed by atoms with E-state index in [9.17, 15) is 17.6 Å². The number of carbonyl (C=O) groups is 1. The molecule has 0 atom stereocenters. The minimum atomic E-state index is -3.62. The Bertz CT molecular complexity index is 905. The molecule has 0 spiro atoms. The number of carbonyl (C=O) groups excluding carboxylic acids is 1. The number of nitrogens with zero attached hydrogens (tertiary/aromatic N) is 2. The van der Waals surface area contributed by atoms with Crippen LogP contribution in [0.1, 0.15) is 12.0 Å². The number of rotatable bonds is 6. The molecular formula is C17H16FN3O3S. The van der Waals surface area contributed by atoms with E-state index in [-0.39, 0.29) is 18.7 Å². The van der Waals surface area contributed by atoms with E-state index in [1.54, 1.807) is 6.07 Å². The molecule has 2 aromatic rings. The topological polar surface area (TPSA) is 90.3 Å². The van der Waals surface area contributed by atoms with Crippen LogP contribution in [0.15, 0.2) is 48.5 Å². The molecule has 6 nitrogen and oxygen atoms in total. The molecule has 0 fully saturated rings. The molecule has 0 heterocycles. The smallest absolute Gasteiger partial charge is 0.232 e. The zero-order valence-corrected chi connectivity index (χ0v) is 14.3. The van der Waals surface area contributed by atoms with E-state index >= 15 is 0 Å². The summed E-state index contributed by atoms with van der Waals surface area (Å²) in [6.07, 6.45) is 0.876. The molecule has 8 heteroatoms. The van der Waals surface area contributed by atoms with Gasteiger partial charge in [-0.2, -0.15) is 5.26 Å². The summed E-state index contributed by atoms with van der Waals surface area (Å²) < 4.78 is 38.6. The van der Waals surface area contributed by atoms with E-state index in [1.807, 2.05) is 6.07 Å². The lowest BCUT2D eigenvalue weighted by Crippen LogP contribution is -2.33. The van der Waals surface area contributed by atoms with E-state index in [2.05, 4.69) is 5.32 Å². The number of halogens is 1. The van der Waals surface area contributed by atoms with Gasteiger partial charge in [-0.25, -0.2) is 12.8 Å². The first-order chi connectivity index (χ1) is 11.8. The summed E-state index contributed by atoms with van der Waals surface area (Å²) >= 11 is 0. The van der Waals surface area contributed by atoms with E-state index in [1.165, 1.54) is 42.5 Å². The summed E-state index contributed by atoms with van der Waals surface area (Å²) in [5.41, 5.74) is 0.784. The van der Waals surface area contributed by atoms with E-state index in [0.29, 0.717) is 11.3 Å². The Labute approximate surface area is 145 Å². The average molecular weight is 361 g/mol. The van der Waals surface area contributed by atoms with Crippen molar-refractivity contribution in [3.63, 3.8) is 0 Å². The van der Waals surface area contributed by atoms with Gasteiger partial charge in [0, 0.05) is 13.0 Å². The molecular weight excluding hydrogens is 345 g/mol. The van der Waals surface area contributed by atoms with E-state index < -0.39 is 21.7 Å². The maximum absolute atomic E-state index is 13.5. The van der Waals surface area contributed by atoms with Crippen LogP contribution in [-0.2, 0) is 14.8 Å². The van der Waals surface area contributed by atoms with Gasteiger partial charge in [0.05, 0.1) is 29.3 Å². The normalized spacial score (nSPS) is 10.8. The number of hydrogen-bond acceptors (Lipinski definition) is 4. The Hall–Kier alpha value is -2.92. The van der Waals surface area contributed by atoms with Gasteiger partial charge in [0.1, 0.15) is 5.82 Å². The standard InChI is InChI=1S/C17H16FN3O3S/c1-25(23,24)21(14-8-6-13(12-19)7-9-14)11-10-17(22)20-16-5-3-2-4-15(16)18/h2-9H,10-11H2,1H3,(H,20,22). The minimum absolute atomic E-state index is 0.0387. The first-order valence-corrected chi connectivity index (χ1v) is 9.18. The van der Waals surface area contributed by atoms with Crippen LogP contribution in [0.2, 0.25) is 0 Å². The Morgan fingerprint density at radius 1 is 1.20 bits per heavy atom. The van der Waals surface area contributed by atoms with Crippen molar-refractivity contribution < 1.29 is 17.6 Å². The second-order valence-corrected chi connectivity index (χ2v) is 7.18. The number of nitriles is 1. The summed E-state index contributed by atoms with van der Waals surface area (Å²) in [5, 5.41) is 11.2. The molecule has 0 saturated carbocycles. The number of hydrogen-bond donors (Lipinski definition) is 1. The SMILES string of the molecule is CS(=O)(=O)N(CCC(=O)Nc1ccccc1F)c1ccc(C#N)cc1. The maximum atomic E-state index is 13.5. The number of benzene rings is 2. The minimum Gasteiger partial charge on any atom is -0.324 e. The van der Waals surface area contributed by atoms with Gasteiger partial charge in [0.2, 0.25) is 15.9 Å². The molecule has 0 aliphatic rings. The predicted molar refractivity (Wildman–Crippen MR) is 93.0 cm³/mol. The van der Waals surface area contributed by atoms with Crippen LogP contribution in [0.3, 0.4) is 0 Å². The Balaban J connectivity index is 2.09. The molecule has 0 aliphatic heterocycles. The third-order valence-corrected chi connectivity index (χ3v) is 4.57. The molecule has 0 unspecified atom stereocenters. The molecule has 0 radical (unpaired) electrons. The van der Waals surface area contributed by atoms with Crippen LogP contribution < -0.4 is 9.62 Å². The highest BCUT2D eigenvalue weighted by molar-refractivity contribution is 7.92. The lowest BCUT2D eigenvalue weighted by Gasteiger charge is -2.22. The number of nitrogens with one attached hydrogen (secondary N) is 1. The van der Waals surface area contributed by atoms with Crippen LogP contribution in [0, 0.1) is 17.1 Å². The maximum Gasteiger partial charge on any atom is 0.232 e. The Kier molecular flexibility index (Phi) is 5.72. The van der Waals surface area contributed by atoms with Gasteiger partial charge in [-0.3, -0.25) is 9.10 Å². The fourth-order valence-corrected chi connectivity index (χ4v) is 3.09. The highest BCUT2D eigenvalue weighted by Crippen LogP contribution is 2.19. The largest absolute Gasteiger partial charge is 0.324 e. The summed E-state index contributed by atoms with van der Waals surface area (Å²) in [7, 11) is -3.62. The highest BCUT2D eigenvalue weighted by atomic mass is 32.2. The Morgan fingerprint density at radius 3 is 2.40 bits per heavy atom. The molecule has 25 heavy (non-hydrogen) atoms. The summed E-state index contributed by atoms with van der Waals surface area (Å²) in [4.78, 5) is 12.0. The van der Waals surface area contributed by atoms with Gasteiger partial charge in [0.25, 0.3) is 0 Å². The van der Waals surface area contributed by atoms with Gasteiger partial charge in [-0.1, -0.05) is 12.1 Å². The fraction of sp³-hybridized carbons (Fsp3) is 0.176. The molecule has 2 aromatic carbocycles. The monoisotopic (exact) mass is 361 g/mol. The van der Waals surface area contributed by atoms with Crippen molar-refractivity contribution in [1.82, 2.24) is 0 Å². The van der Waals surface area contributed by atoms with Crippen molar-refractivity contribution >= 4 is 27.3 Å². The average Bonchev–Trinajstić information content (AvgIpc) is 2.56. The van der Waals surface area contributed by atoms with Crippen LogP contribution in [-0.4, -0.2) is 27.1 Å². The Morgan fingerprint density at radius 2 is 1.84 bits per heavy atom. The van der Waals surface area contributed by atoms with Crippen molar-refractivity contribution in [2.24, 2.45) is 0 Å². The molecule has 130 valence electrons. The highest BCUT2D eigenvalue weighted by Gasteiger charge is 2.19. The van der Waals surface area contributed by atoms with Gasteiger partial charge < -0.3 is 5.32 Å². The number of anilines is 2. The molecule has 0 bridgehead atoms. The van der Waals surface area contributed by atoms with E-state index in [0.717, 1.165) is 10.6 Å². The van der Waals surface area contributed by atoms with Crippen molar-refractivity contribution in [3.8, 4) is 6.07 Å². The summed E-state index contributed by atoms with van der Waals surface area (Å²) in [6.45, 7) is -0.106. The zero-order chi connectivity index (χ0) is 18.4. The lowest BCUT2D eigenvalue weighted by atomic mass is 10.2. The van der Waals surface area contributed by atoms with Crippen molar-refractivity contribution in [2.45, 2.75) is 6.42 Å². The fourth-order valence-electron chi connectivity index (χ4n) is 2.17. The van der Waals surface area contributed by atoms with Gasteiger partial charge >= 0.3 is 0 Å². The molecule has 0 aliphatic carbocycles. The zero-order valence-electron chi connectivity index (χ0n) is 13.4. The first-order valence-electron chi connectivity index (χ1n) is 7.33. The van der Waals surface area contributed by atoms with Crippen LogP contribution >= 0.6 is 0 Å².